The lowest BCUT2D eigenvalue weighted by Gasteiger charge is -2.23. The third-order valence-corrected chi connectivity index (χ3v) is 7.51. The molecule has 2 heterocycles. The minimum Gasteiger partial charge on any atom is -0.372 e. The van der Waals surface area contributed by atoms with Crippen molar-refractivity contribution in [2.45, 2.75) is 58.3 Å². The SMILES string of the molecule is CCN(CCCNC(=O)CCC1=NC(=O)C2C(=N1)SC1=C2CCCCC1)c1ccccc1. The fraction of sp³-hybridized carbons (Fsp3) is 0.520. The molecule has 0 saturated heterocycles. The van der Waals surface area contributed by atoms with Crippen LogP contribution in [0.3, 0.4) is 0 Å². The fourth-order valence-corrected chi connectivity index (χ4v) is 5.91. The summed E-state index contributed by atoms with van der Waals surface area (Å²) in [7, 11) is 0. The second kappa shape index (κ2) is 10.9. The van der Waals surface area contributed by atoms with Crippen LogP contribution >= 0.6 is 11.8 Å². The molecule has 1 aromatic carbocycles. The molecule has 6 nitrogen and oxygen atoms in total. The molecule has 4 rings (SSSR count). The summed E-state index contributed by atoms with van der Waals surface area (Å²) in [5.41, 5.74) is 2.46. The zero-order valence-corrected chi connectivity index (χ0v) is 19.6. The monoisotopic (exact) mass is 452 g/mol. The third kappa shape index (κ3) is 5.49. The predicted molar refractivity (Wildman–Crippen MR) is 132 cm³/mol. The number of fused-ring (bicyclic) bond motifs is 2. The summed E-state index contributed by atoms with van der Waals surface area (Å²) < 4.78 is 0. The van der Waals surface area contributed by atoms with Crippen LogP contribution in [0.1, 0.15) is 58.3 Å². The number of para-hydroxylation sites is 1. The van der Waals surface area contributed by atoms with Gasteiger partial charge in [0.2, 0.25) is 5.91 Å². The Morgan fingerprint density at radius 3 is 2.78 bits per heavy atom. The number of hydrogen-bond acceptors (Lipinski definition) is 5. The molecule has 1 unspecified atom stereocenters. The molecule has 0 fully saturated rings. The zero-order chi connectivity index (χ0) is 22.3. The highest BCUT2D eigenvalue weighted by atomic mass is 32.2. The topological polar surface area (TPSA) is 74.1 Å². The molecule has 0 spiro atoms. The Bertz CT molecular complexity index is 939. The van der Waals surface area contributed by atoms with Crippen molar-refractivity contribution in [1.82, 2.24) is 5.32 Å². The van der Waals surface area contributed by atoms with E-state index in [1.54, 1.807) is 11.8 Å². The predicted octanol–water partition coefficient (Wildman–Crippen LogP) is 4.72. The van der Waals surface area contributed by atoms with Crippen molar-refractivity contribution < 1.29 is 9.59 Å². The van der Waals surface area contributed by atoms with E-state index < -0.39 is 0 Å². The summed E-state index contributed by atoms with van der Waals surface area (Å²) in [6.45, 7) is 4.60. The van der Waals surface area contributed by atoms with Crippen molar-refractivity contribution in [2.24, 2.45) is 15.9 Å². The molecular weight excluding hydrogens is 420 g/mol. The van der Waals surface area contributed by atoms with Crippen LogP contribution in [-0.2, 0) is 9.59 Å². The lowest BCUT2D eigenvalue weighted by atomic mass is 9.94. The lowest BCUT2D eigenvalue weighted by Crippen LogP contribution is -2.30. The molecular formula is C25H32N4O2S. The van der Waals surface area contributed by atoms with Gasteiger partial charge in [0.25, 0.3) is 5.91 Å². The molecule has 2 amide bonds. The van der Waals surface area contributed by atoms with Crippen molar-refractivity contribution in [1.29, 1.82) is 0 Å². The summed E-state index contributed by atoms with van der Waals surface area (Å²) in [5, 5.41) is 3.87. The number of anilines is 1. The molecule has 2 aliphatic heterocycles. The molecule has 32 heavy (non-hydrogen) atoms. The van der Waals surface area contributed by atoms with Gasteiger partial charge in [-0.05, 0) is 61.6 Å². The molecule has 0 saturated carbocycles. The van der Waals surface area contributed by atoms with Gasteiger partial charge in [0, 0.05) is 38.2 Å². The molecule has 1 N–H and O–H groups in total. The Hall–Kier alpha value is -2.41. The summed E-state index contributed by atoms with van der Waals surface area (Å²) in [4.78, 5) is 37.5. The van der Waals surface area contributed by atoms with Crippen molar-refractivity contribution in [3.8, 4) is 0 Å². The molecule has 0 aromatic heterocycles. The smallest absolute Gasteiger partial charge is 0.261 e. The van der Waals surface area contributed by atoms with Gasteiger partial charge in [-0.15, -0.1) is 0 Å². The second-order valence-corrected chi connectivity index (χ2v) is 9.59. The van der Waals surface area contributed by atoms with E-state index in [4.69, 9.17) is 0 Å². The minimum absolute atomic E-state index is 0.0155. The molecule has 3 aliphatic rings. The Labute approximate surface area is 194 Å². The summed E-state index contributed by atoms with van der Waals surface area (Å²) in [5.74, 6) is 0.156. The molecule has 7 heteroatoms. The van der Waals surface area contributed by atoms with Crippen molar-refractivity contribution >= 4 is 40.1 Å². The van der Waals surface area contributed by atoms with Crippen molar-refractivity contribution in [3.05, 3.63) is 40.8 Å². The summed E-state index contributed by atoms with van der Waals surface area (Å²) >= 11 is 1.68. The van der Waals surface area contributed by atoms with Gasteiger partial charge in [-0.25, -0.2) is 4.99 Å². The quantitative estimate of drug-likeness (QED) is 0.550. The fourth-order valence-electron chi connectivity index (χ4n) is 4.55. The highest BCUT2D eigenvalue weighted by Crippen LogP contribution is 2.46. The number of carbonyl (C=O) groups is 2. The van der Waals surface area contributed by atoms with Crippen LogP contribution in [0, 0.1) is 5.92 Å². The number of allylic oxidation sites excluding steroid dienone is 1. The van der Waals surface area contributed by atoms with Gasteiger partial charge in [-0.1, -0.05) is 36.4 Å². The first kappa shape index (κ1) is 22.8. The maximum atomic E-state index is 12.7. The first-order valence-electron chi connectivity index (χ1n) is 11.8. The number of nitrogens with one attached hydrogen (secondary N) is 1. The van der Waals surface area contributed by atoms with Gasteiger partial charge in [-0.2, -0.15) is 4.99 Å². The van der Waals surface area contributed by atoms with E-state index in [1.807, 2.05) is 18.2 Å². The van der Waals surface area contributed by atoms with Crippen LogP contribution in [-0.4, -0.2) is 42.3 Å². The van der Waals surface area contributed by atoms with Crippen molar-refractivity contribution in [3.63, 3.8) is 0 Å². The average molecular weight is 453 g/mol. The van der Waals surface area contributed by atoms with Crippen molar-refractivity contribution in [2.75, 3.05) is 24.5 Å². The number of thioether (sulfide) groups is 1. The van der Waals surface area contributed by atoms with E-state index >= 15 is 0 Å². The average Bonchev–Trinajstić information content (AvgIpc) is 3.00. The Kier molecular flexibility index (Phi) is 7.79. The van der Waals surface area contributed by atoms with Crippen LogP contribution in [0.15, 0.2) is 50.8 Å². The van der Waals surface area contributed by atoms with E-state index in [9.17, 15) is 9.59 Å². The maximum absolute atomic E-state index is 12.7. The van der Waals surface area contributed by atoms with E-state index in [2.05, 4.69) is 39.3 Å². The molecule has 170 valence electrons. The number of aliphatic imine (C=N–C) groups is 2. The number of amidine groups is 1. The van der Waals surface area contributed by atoms with Gasteiger partial charge in [0.15, 0.2) is 0 Å². The Balaban J connectivity index is 1.20. The third-order valence-electron chi connectivity index (χ3n) is 6.26. The van der Waals surface area contributed by atoms with Gasteiger partial charge < -0.3 is 10.2 Å². The molecule has 1 aromatic rings. The van der Waals surface area contributed by atoms with E-state index in [1.165, 1.54) is 29.0 Å². The normalized spacial score (nSPS) is 20.2. The summed E-state index contributed by atoms with van der Waals surface area (Å²) in [6.07, 6.45) is 7.21. The van der Waals surface area contributed by atoms with Crippen LogP contribution in [0.2, 0.25) is 0 Å². The maximum Gasteiger partial charge on any atom is 0.261 e. The summed E-state index contributed by atoms with van der Waals surface area (Å²) in [6, 6.07) is 10.3. The van der Waals surface area contributed by atoms with Crippen LogP contribution < -0.4 is 10.2 Å². The highest BCUT2D eigenvalue weighted by molar-refractivity contribution is 8.17. The lowest BCUT2D eigenvalue weighted by molar-refractivity contribution is -0.121. The number of amides is 2. The van der Waals surface area contributed by atoms with Crippen LogP contribution in [0.4, 0.5) is 5.69 Å². The highest BCUT2D eigenvalue weighted by Gasteiger charge is 2.39. The first-order chi connectivity index (χ1) is 15.7. The second-order valence-electron chi connectivity index (χ2n) is 8.48. The molecule has 1 atom stereocenters. The first-order valence-corrected chi connectivity index (χ1v) is 12.6. The van der Waals surface area contributed by atoms with E-state index in [0.29, 0.717) is 25.2 Å². The van der Waals surface area contributed by atoms with Gasteiger partial charge >= 0.3 is 0 Å². The van der Waals surface area contributed by atoms with Gasteiger partial charge in [0.1, 0.15) is 11.8 Å². The van der Waals surface area contributed by atoms with Gasteiger partial charge in [-0.3, -0.25) is 9.59 Å². The van der Waals surface area contributed by atoms with E-state index in [0.717, 1.165) is 43.8 Å². The largest absolute Gasteiger partial charge is 0.372 e. The van der Waals surface area contributed by atoms with Gasteiger partial charge in [0.05, 0.1) is 5.04 Å². The van der Waals surface area contributed by atoms with E-state index in [-0.39, 0.29) is 17.7 Å². The molecule has 0 bridgehead atoms. The Morgan fingerprint density at radius 2 is 1.97 bits per heavy atom. The number of hydrogen-bond donors (Lipinski definition) is 1. The molecule has 0 radical (unpaired) electrons. The minimum atomic E-state index is -0.239. The zero-order valence-electron chi connectivity index (χ0n) is 18.8. The molecule has 1 aliphatic carbocycles. The number of carbonyl (C=O) groups excluding carboxylic acids is 2. The Morgan fingerprint density at radius 1 is 1.16 bits per heavy atom. The van der Waals surface area contributed by atoms with Crippen LogP contribution in [0.25, 0.3) is 0 Å². The number of rotatable bonds is 9. The number of nitrogens with zero attached hydrogens (tertiary/aromatic N) is 3. The number of benzene rings is 1. The standard InChI is InChI=1S/C25H32N4O2S/c1-2-29(18-10-5-3-6-11-18)17-9-16-26-22(30)15-14-21-27-24(31)23-19-12-7-4-8-13-20(19)32-25(23)28-21/h3,5-6,10-11,23H,2,4,7-9,12-17H2,1H3,(H,26,30). The van der Waals surface area contributed by atoms with Crippen LogP contribution in [0.5, 0.6) is 0 Å².